The summed E-state index contributed by atoms with van der Waals surface area (Å²) in [4.78, 5) is 0. The van der Waals surface area contributed by atoms with Crippen molar-refractivity contribution in [2.75, 3.05) is 0 Å². The second kappa shape index (κ2) is 7.53. The molecule has 11 atom stereocenters. The molecule has 11 unspecified atom stereocenters. The first-order valence-corrected chi connectivity index (χ1v) is 13.2. The van der Waals surface area contributed by atoms with Gasteiger partial charge in [-0.05, 0) is 133 Å². The van der Waals surface area contributed by atoms with Crippen molar-refractivity contribution < 1.29 is 9.47 Å². The molecule has 5 fully saturated rings. The fourth-order valence-corrected chi connectivity index (χ4v) is 9.03. The van der Waals surface area contributed by atoms with Crippen molar-refractivity contribution >= 4 is 0 Å². The lowest BCUT2D eigenvalue weighted by molar-refractivity contribution is -0.209. The lowest BCUT2D eigenvalue weighted by Gasteiger charge is -2.57. The highest BCUT2D eigenvalue weighted by Gasteiger charge is 2.53. The van der Waals surface area contributed by atoms with E-state index in [9.17, 15) is 0 Å². The van der Waals surface area contributed by atoms with E-state index in [2.05, 4.69) is 47.6 Å². The lowest BCUT2D eigenvalue weighted by Crippen LogP contribution is -2.55. The first-order valence-electron chi connectivity index (χ1n) is 13.2. The Labute approximate surface area is 185 Å². The number of ether oxygens (including phenoxy) is 2. The van der Waals surface area contributed by atoms with Crippen molar-refractivity contribution in [2.45, 2.75) is 117 Å². The monoisotopic (exact) mass is 414 g/mol. The third-order valence-corrected chi connectivity index (χ3v) is 10.7. The third kappa shape index (κ3) is 3.57. The summed E-state index contributed by atoms with van der Waals surface area (Å²) in [7, 11) is 0. The number of hydrogen-bond donors (Lipinski definition) is 0. The van der Waals surface area contributed by atoms with Crippen LogP contribution in [0.1, 0.15) is 99.3 Å². The van der Waals surface area contributed by atoms with Crippen LogP contribution in [0.2, 0.25) is 0 Å². The molecule has 0 aromatic rings. The van der Waals surface area contributed by atoms with Crippen LogP contribution in [-0.4, -0.2) is 17.3 Å². The van der Waals surface area contributed by atoms with Crippen LogP contribution in [-0.2, 0) is 9.47 Å². The molecule has 0 radical (unpaired) electrons. The predicted molar refractivity (Wildman–Crippen MR) is 123 cm³/mol. The molecule has 170 valence electrons. The Balaban J connectivity index is 0.000000128. The van der Waals surface area contributed by atoms with Crippen LogP contribution in [0.5, 0.6) is 0 Å². The van der Waals surface area contributed by atoms with E-state index in [0.717, 1.165) is 47.3 Å². The van der Waals surface area contributed by atoms with E-state index in [1.165, 1.54) is 63.5 Å². The summed E-state index contributed by atoms with van der Waals surface area (Å²) < 4.78 is 12.4. The second-order valence-corrected chi connectivity index (χ2v) is 12.8. The molecular formula is C28H46O2. The van der Waals surface area contributed by atoms with Gasteiger partial charge in [-0.1, -0.05) is 13.8 Å². The highest BCUT2D eigenvalue weighted by molar-refractivity contribution is 5.12. The van der Waals surface area contributed by atoms with E-state index in [-0.39, 0.29) is 11.2 Å². The molecule has 1 saturated heterocycles. The summed E-state index contributed by atoms with van der Waals surface area (Å²) >= 11 is 0. The van der Waals surface area contributed by atoms with Gasteiger partial charge in [-0.3, -0.25) is 0 Å². The predicted octanol–water partition coefficient (Wildman–Crippen LogP) is 7.38. The molecule has 0 amide bonds. The van der Waals surface area contributed by atoms with Gasteiger partial charge in [0.15, 0.2) is 0 Å². The SMILES string of the molecule is CC1=CC2CC(C)C3CCC(C)(O1)C2C3.CC1CC2CC(C)C3CCC(C)(O1)C2C3. The molecule has 2 heterocycles. The van der Waals surface area contributed by atoms with Gasteiger partial charge >= 0.3 is 0 Å². The Morgan fingerprint density at radius 2 is 1.40 bits per heavy atom. The molecule has 0 N–H and O–H groups in total. The zero-order chi connectivity index (χ0) is 21.3. The molecule has 2 nitrogen and oxygen atoms in total. The summed E-state index contributed by atoms with van der Waals surface area (Å²) in [5.74, 6) is 8.51. The molecular weight excluding hydrogens is 368 g/mol. The largest absolute Gasteiger partial charge is 0.492 e. The van der Waals surface area contributed by atoms with Crippen LogP contribution in [0.25, 0.3) is 0 Å². The van der Waals surface area contributed by atoms with E-state index in [0.29, 0.717) is 6.10 Å². The Kier molecular flexibility index (Phi) is 5.36. The fourth-order valence-electron chi connectivity index (χ4n) is 9.03. The van der Waals surface area contributed by atoms with Gasteiger partial charge in [0.1, 0.15) is 5.60 Å². The van der Waals surface area contributed by atoms with Gasteiger partial charge in [0, 0.05) is 5.92 Å². The molecule has 2 aliphatic heterocycles. The van der Waals surface area contributed by atoms with Crippen molar-refractivity contribution in [3.63, 3.8) is 0 Å². The fraction of sp³-hybridized carbons (Fsp3) is 0.929. The maximum atomic E-state index is 6.27. The molecule has 0 spiro atoms. The average molecular weight is 415 g/mol. The van der Waals surface area contributed by atoms with Crippen molar-refractivity contribution in [2.24, 2.45) is 47.3 Å². The van der Waals surface area contributed by atoms with E-state index in [1.54, 1.807) is 0 Å². The molecule has 0 aromatic carbocycles. The first kappa shape index (κ1) is 21.4. The van der Waals surface area contributed by atoms with Gasteiger partial charge in [0.2, 0.25) is 0 Å². The molecule has 0 aromatic heterocycles. The molecule has 2 heteroatoms. The molecule has 4 aliphatic carbocycles. The van der Waals surface area contributed by atoms with Gasteiger partial charge < -0.3 is 9.47 Å². The van der Waals surface area contributed by atoms with Crippen LogP contribution in [0.4, 0.5) is 0 Å². The average Bonchev–Trinajstić information content (AvgIpc) is 2.66. The molecule has 4 saturated carbocycles. The second-order valence-electron chi connectivity index (χ2n) is 12.8. The minimum Gasteiger partial charge on any atom is -0.492 e. The number of fused-ring (bicyclic) bond motifs is 2. The number of hydrogen-bond acceptors (Lipinski definition) is 2. The summed E-state index contributed by atoms with van der Waals surface area (Å²) in [5.41, 5.74) is 0.402. The quantitative estimate of drug-likeness (QED) is 0.412. The topological polar surface area (TPSA) is 18.5 Å². The number of rotatable bonds is 0. The van der Waals surface area contributed by atoms with Crippen LogP contribution in [0.15, 0.2) is 11.8 Å². The van der Waals surface area contributed by atoms with Crippen LogP contribution in [0, 0.1) is 47.3 Å². The van der Waals surface area contributed by atoms with E-state index in [4.69, 9.17) is 9.47 Å². The van der Waals surface area contributed by atoms with Gasteiger partial charge in [0.25, 0.3) is 0 Å². The zero-order valence-electron chi connectivity index (χ0n) is 20.5. The van der Waals surface area contributed by atoms with Crippen LogP contribution in [0.3, 0.4) is 0 Å². The summed E-state index contributed by atoms with van der Waals surface area (Å²) in [6.45, 7) is 14.0. The van der Waals surface area contributed by atoms with Gasteiger partial charge in [-0.2, -0.15) is 0 Å². The Hall–Kier alpha value is -0.500. The lowest BCUT2D eigenvalue weighted by atomic mass is 9.55. The van der Waals surface area contributed by atoms with Crippen molar-refractivity contribution in [3.05, 3.63) is 11.8 Å². The van der Waals surface area contributed by atoms with Crippen molar-refractivity contribution in [1.82, 2.24) is 0 Å². The Bertz CT molecular complexity index is 684. The maximum Gasteiger partial charge on any atom is 0.109 e. The van der Waals surface area contributed by atoms with E-state index >= 15 is 0 Å². The van der Waals surface area contributed by atoms with Crippen LogP contribution < -0.4 is 0 Å². The minimum atomic E-state index is 0.167. The Morgan fingerprint density at radius 3 is 2.13 bits per heavy atom. The standard InChI is InChI=1S/C14H24O.C14H22O/c2*1-9-6-12-7-10(2)15-14(3)5-4-11(9)8-13(12)14/h9-13H,4-8H2,1-3H3;7,9,11-13H,4-6,8H2,1-3H3. The van der Waals surface area contributed by atoms with E-state index < -0.39 is 0 Å². The first-order chi connectivity index (χ1) is 14.2. The number of allylic oxidation sites excluding steroid dienone is 2. The normalized spacial score (nSPS) is 56.1. The molecule has 4 bridgehead atoms. The summed E-state index contributed by atoms with van der Waals surface area (Å²) in [6, 6.07) is 0. The Morgan fingerprint density at radius 1 is 0.767 bits per heavy atom. The van der Waals surface area contributed by atoms with Crippen LogP contribution >= 0.6 is 0 Å². The zero-order valence-corrected chi connectivity index (χ0v) is 20.5. The smallest absolute Gasteiger partial charge is 0.109 e. The van der Waals surface area contributed by atoms with Crippen molar-refractivity contribution in [3.8, 4) is 0 Å². The summed E-state index contributed by atoms with van der Waals surface area (Å²) in [6.07, 6.45) is 15.3. The minimum absolute atomic E-state index is 0.167. The highest BCUT2D eigenvalue weighted by Crippen LogP contribution is 2.56. The molecule has 6 rings (SSSR count). The van der Waals surface area contributed by atoms with Gasteiger partial charge in [-0.25, -0.2) is 0 Å². The molecule has 6 aliphatic rings. The third-order valence-electron chi connectivity index (χ3n) is 10.7. The van der Waals surface area contributed by atoms with E-state index in [1.807, 2.05) is 0 Å². The van der Waals surface area contributed by atoms with Crippen molar-refractivity contribution in [1.29, 1.82) is 0 Å². The van der Waals surface area contributed by atoms with Gasteiger partial charge in [0.05, 0.1) is 17.5 Å². The molecule has 30 heavy (non-hydrogen) atoms. The maximum absolute atomic E-state index is 6.27. The summed E-state index contributed by atoms with van der Waals surface area (Å²) in [5, 5.41) is 0. The highest BCUT2D eigenvalue weighted by atomic mass is 16.5. The van der Waals surface area contributed by atoms with Gasteiger partial charge in [-0.15, -0.1) is 0 Å².